The summed E-state index contributed by atoms with van der Waals surface area (Å²) >= 11 is 0. The highest BCUT2D eigenvalue weighted by Gasteiger charge is 2.24. The molecule has 0 bridgehead atoms. The molecule has 2 aromatic rings. The summed E-state index contributed by atoms with van der Waals surface area (Å²) in [4.78, 5) is 2.32. The number of aryl methyl sites for hydroxylation is 3. The molecular weight excluding hydrogens is 234 g/mol. The number of fused-ring (bicyclic) bond motifs is 1. The van der Waals surface area contributed by atoms with Crippen molar-refractivity contribution in [1.82, 2.24) is 14.7 Å². The van der Waals surface area contributed by atoms with E-state index in [1.165, 1.54) is 35.3 Å². The molecule has 1 atom stereocenters. The van der Waals surface area contributed by atoms with E-state index < -0.39 is 0 Å². The number of hydrogen-bond donors (Lipinski definition) is 0. The smallest absolute Gasteiger partial charge is 0.0652 e. The molecule has 0 spiro atoms. The minimum Gasteiger partial charge on any atom is -0.302 e. The molecule has 1 aromatic carbocycles. The van der Waals surface area contributed by atoms with E-state index >= 15 is 0 Å². The van der Waals surface area contributed by atoms with Gasteiger partial charge in [-0.15, -0.1) is 0 Å². The molecule has 0 radical (unpaired) electrons. The highest BCUT2D eigenvalue weighted by atomic mass is 15.3. The van der Waals surface area contributed by atoms with E-state index in [1.807, 2.05) is 11.6 Å². The largest absolute Gasteiger partial charge is 0.302 e. The van der Waals surface area contributed by atoms with E-state index in [9.17, 15) is 0 Å². The molecule has 1 unspecified atom stereocenters. The lowest BCUT2D eigenvalue weighted by Crippen LogP contribution is -2.17. The van der Waals surface area contributed by atoms with Crippen molar-refractivity contribution in [3.63, 3.8) is 0 Å². The molecule has 1 aliphatic carbocycles. The molecule has 3 heteroatoms. The van der Waals surface area contributed by atoms with Crippen LogP contribution in [0, 0.1) is 13.8 Å². The molecule has 19 heavy (non-hydrogen) atoms. The lowest BCUT2D eigenvalue weighted by molar-refractivity contribution is 0.299. The maximum absolute atomic E-state index is 4.58. The van der Waals surface area contributed by atoms with E-state index in [0.29, 0.717) is 6.04 Å². The highest BCUT2D eigenvalue weighted by Crippen LogP contribution is 2.35. The van der Waals surface area contributed by atoms with Crippen molar-refractivity contribution in [2.45, 2.75) is 32.7 Å². The standard InChI is InChI=1S/C16H21N3/c1-11-9-12(2)19(17-11)14-7-5-13-6-8-16(18(3)4)15(13)10-14/h5,7,9-10,16H,6,8H2,1-4H3. The fraction of sp³-hybridized carbons (Fsp3) is 0.438. The van der Waals surface area contributed by atoms with Crippen LogP contribution in [0.4, 0.5) is 0 Å². The molecule has 100 valence electrons. The first-order valence-electron chi connectivity index (χ1n) is 6.89. The minimum atomic E-state index is 0.548. The summed E-state index contributed by atoms with van der Waals surface area (Å²) in [5, 5.41) is 4.58. The summed E-state index contributed by atoms with van der Waals surface area (Å²) in [5.41, 5.74) is 6.40. The normalized spacial score (nSPS) is 18.1. The third-order valence-corrected chi connectivity index (χ3v) is 4.05. The number of rotatable bonds is 2. The zero-order chi connectivity index (χ0) is 13.6. The van der Waals surface area contributed by atoms with E-state index in [1.54, 1.807) is 0 Å². The first kappa shape index (κ1) is 12.4. The van der Waals surface area contributed by atoms with Crippen LogP contribution in [-0.2, 0) is 6.42 Å². The van der Waals surface area contributed by atoms with Gasteiger partial charge in [-0.05, 0) is 70.1 Å². The van der Waals surface area contributed by atoms with Gasteiger partial charge in [0.05, 0.1) is 11.4 Å². The van der Waals surface area contributed by atoms with E-state index in [4.69, 9.17) is 0 Å². The van der Waals surface area contributed by atoms with Gasteiger partial charge in [0.2, 0.25) is 0 Å². The van der Waals surface area contributed by atoms with Crippen LogP contribution in [-0.4, -0.2) is 28.8 Å². The second-order valence-corrected chi connectivity index (χ2v) is 5.74. The summed E-state index contributed by atoms with van der Waals surface area (Å²) < 4.78 is 2.04. The SMILES string of the molecule is Cc1cc(C)n(-c2ccc3c(c2)C(N(C)C)CC3)n1. The van der Waals surface area contributed by atoms with Crippen LogP contribution >= 0.6 is 0 Å². The van der Waals surface area contributed by atoms with Gasteiger partial charge in [0.1, 0.15) is 0 Å². The van der Waals surface area contributed by atoms with Gasteiger partial charge in [-0.3, -0.25) is 0 Å². The molecule has 1 aliphatic rings. The molecule has 0 aliphatic heterocycles. The lowest BCUT2D eigenvalue weighted by Gasteiger charge is -2.20. The Kier molecular flexibility index (Phi) is 2.94. The molecule has 1 aromatic heterocycles. The third-order valence-electron chi connectivity index (χ3n) is 4.05. The van der Waals surface area contributed by atoms with Crippen LogP contribution in [0.25, 0.3) is 5.69 Å². The van der Waals surface area contributed by atoms with Crippen LogP contribution in [0.1, 0.15) is 35.0 Å². The molecule has 0 saturated heterocycles. The van der Waals surface area contributed by atoms with Crippen LogP contribution in [0.3, 0.4) is 0 Å². The van der Waals surface area contributed by atoms with Crippen LogP contribution in [0.2, 0.25) is 0 Å². The van der Waals surface area contributed by atoms with Crippen molar-refractivity contribution in [3.8, 4) is 5.69 Å². The maximum Gasteiger partial charge on any atom is 0.0652 e. The first-order valence-corrected chi connectivity index (χ1v) is 6.89. The summed E-state index contributed by atoms with van der Waals surface area (Å²) in [6.07, 6.45) is 2.42. The Morgan fingerprint density at radius 2 is 2.00 bits per heavy atom. The number of nitrogens with zero attached hydrogens (tertiary/aromatic N) is 3. The molecule has 3 nitrogen and oxygen atoms in total. The summed E-state index contributed by atoms with van der Waals surface area (Å²) in [6, 6.07) is 9.44. The fourth-order valence-corrected chi connectivity index (χ4v) is 3.13. The van der Waals surface area contributed by atoms with E-state index in [2.05, 4.69) is 55.3 Å². The zero-order valence-electron chi connectivity index (χ0n) is 12.1. The first-order chi connectivity index (χ1) is 9.06. The van der Waals surface area contributed by atoms with Gasteiger partial charge in [-0.1, -0.05) is 6.07 Å². The minimum absolute atomic E-state index is 0.548. The second-order valence-electron chi connectivity index (χ2n) is 5.74. The van der Waals surface area contributed by atoms with E-state index in [0.717, 1.165) is 5.69 Å². The maximum atomic E-state index is 4.58. The fourth-order valence-electron chi connectivity index (χ4n) is 3.13. The van der Waals surface area contributed by atoms with Gasteiger partial charge in [-0.2, -0.15) is 5.10 Å². The van der Waals surface area contributed by atoms with Gasteiger partial charge in [0, 0.05) is 11.7 Å². The van der Waals surface area contributed by atoms with Crippen LogP contribution < -0.4 is 0 Å². The third kappa shape index (κ3) is 2.08. The topological polar surface area (TPSA) is 21.1 Å². The number of benzene rings is 1. The zero-order valence-corrected chi connectivity index (χ0v) is 12.1. The average molecular weight is 255 g/mol. The summed E-state index contributed by atoms with van der Waals surface area (Å²) in [7, 11) is 4.32. The van der Waals surface area contributed by atoms with Gasteiger partial charge >= 0.3 is 0 Å². The average Bonchev–Trinajstić information content (AvgIpc) is 2.91. The Morgan fingerprint density at radius 1 is 1.21 bits per heavy atom. The van der Waals surface area contributed by atoms with Crippen molar-refractivity contribution >= 4 is 0 Å². The molecule has 0 saturated carbocycles. The van der Waals surface area contributed by atoms with E-state index in [-0.39, 0.29) is 0 Å². The molecule has 0 N–H and O–H groups in total. The second kappa shape index (κ2) is 4.49. The molecule has 1 heterocycles. The Balaban J connectivity index is 2.06. The predicted octanol–water partition coefficient (Wildman–Crippen LogP) is 3.04. The Hall–Kier alpha value is -1.61. The van der Waals surface area contributed by atoms with Gasteiger partial charge in [0.15, 0.2) is 0 Å². The van der Waals surface area contributed by atoms with Crippen molar-refractivity contribution in [2.24, 2.45) is 0 Å². The Morgan fingerprint density at radius 3 is 2.63 bits per heavy atom. The predicted molar refractivity (Wildman–Crippen MR) is 77.8 cm³/mol. The summed E-state index contributed by atoms with van der Waals surface area (Å²) in [6.45, 7) is 4.15. The number of aromatic nitrogens is 2. The quantitative estimate of drug-likeness (QED) is 0.822. The Bertz CT molecular complexity index is 610. The van der Waals surface area contributed by atoms with Gasteiger partial charge < -0.3 is 4.90 Å². The van der Waals surface area contributed by atoms with Gasteiger partial charge in [0.25, 0.3) is 0 Å². The van der Waals surface area contributed by atoms with Crippen molar-refractivity contribution in [1.29, 1.82) is 0 Å². The van der Waals surface area contributed by atoms with Crippen molar-refractivity contribution in [2.75, 3.05) is 14.1 Å². The monoisotopic (exact) mass is 255 g/mol. The lowest BCUT2D eigenvalue weighted by atomic mass is 10.1. The highest BCUT2D eigenvalue weighted by molar-refractivity contribution is 5.45. The van der Waals surface area contributed by atoms with Crippen molar-refractivity contribution in [3.05, 3.63) is 46.8 Å². The molecular formula is C16H21N3. The molecule has 0 amide bonds. The summed E-state index contributed by atoms with van der Waals surface area (Å²) in [5.74, 6) is 0. The van der Waals surface area contributed by atoms with Gasteiger partial charge in [-0.25, -0.2) is 4.68 Å². The molecule has 3 rings (SSSR count). The molecule has 0 fully saturated rings. The Labute approximate surface area is 114 Å². The van der Waals surface area contributed by atoms with Crippen LogP contribution in [0.5, 0.6) is 0 Å². The van der Waals surface area contributed by atoms with Crippen molar-refractivity contribution < 1.29 is 0 Å². The number of hydrogen-bond acceptors (Lipinski definition) is 2. The van der Waals surface area contributed by atoms with Crippen LogP contribution in [0.15, 0.2) is 24.3 Å².